The highest BCUT2D eigenvalue weighted by atomic mass is 19.3. The molecular weight excluding hydrogens is 262 g/mol. The van der Waals surface area contributed by atoms with Crippen LogP contribution < -0.4 is 0 Å². The maximum absolute atomic E-state index is 14.4. The molecule has 0 bridgehead atoms. The summed E-state index contributed by atoms with van der Waals surface area (Å²) in [5, 5.41) is 0. The maximum Gasteiger partial charge on any atom is 0.338 e. The Hall–Kier alpha value is -1.45. The molecule has 0 aromatic heterocycles. The molecule has 112 valence electrons. The van der Waals surface area contributed by atoms with Crippen molar-refractivity contribution in [2.24, 2.45) is 5.92 Å². The van der Waals surface area contributed by atoms with Gasteiger partial charge in [0.05, 0.1) is 12.7 Å². The van der Waals surface area contributed by atoms with E-state index in [0.29, 0.717) is 18.4 Å². The van der Waals surface area contributed by atoms with E-state index in [4.69, 9.17) is 0 Å². The van der Waals surface area contributed by atoms with Gasteiger partial charge < -0.3 is 4.74 Å². The minimum absolute atomic E-state index is 0.0526. The Morgan fingerprint density at radius 1 is 1.35 bits per heavy atom. The molecule has 0 N–H and O–H groups in total. The molecule has 0 aliphatic heterocycles. The zero-order chi connectivity index (χ0) is 15.3. The number of hydrogen-bond acceptors (Lipinski definition) is 2. The first-order valence-corrected chi connectivity index (χ1v) is 6.95. The number of halogens is 2. The largest absolute Gasteiger partial charge is 0.465 e. The third-order valence-corrected chi connectivity index (χ3v) is 3.63. The average Bonchev–Trinajstić information content (AvgIpc) is 2.44. The zero-order valence-electron chi connectivity index (χ0n) is 12.5. The van der Waals surface area contributed by atoms with E-state index in [1.165, 1.54) is 25.3 Å². The molecule has 2 nitrogen and oxygen atoms in total. The highest BCUT2D eigenvalue weighted by Gasteiger charge is 2.36. The van der Waals surface area contributed by atoms with Gasteiger partial charge in [0.15, 0.2) is 0 Å². The lowest BCUT2D eigenvalue weighted by atomic mass is 9.89. The number of benzene rings is 1. The summed E-state index contributed by atoms with van der Waals surface area (Å²) in [5.74, 6) is -3.57. The number of esters is 1. The maximum atomic E-state index is 14.4. The van der Waals surface area contributed by atoms with E-state index in [2.05, 4.69) is 4.74 Å². The van der Waals surface area contributed by atoms with Gasteiger partial charge in [0, 0.05) is 12.0 Å². The molecule has 0 amide bonds. The Bertz CT molecular complexity index is 470. The number of carbonyl (C=O) groups is 1. The van der Waals surface area contributed by atoms with E-state index in [1.54, 1.807) is 6.92 Å². The fourth-order valence-electron chi connectivity index (χ4n) is 2.30. The van der Waals surface area contributed by atoms with E-state index in [-0.39, 0.29) is 23.5 Å². The highest BCUT2D eigenvalue weighted by molar-refractivity contribution is 5.91. The summed E-state index contributed by atoms with van der Waals surface area (Å²) >= 11 is 0. The number of rotatable bonds is 6. The van der Waals surface area contributed by atoms with Crippen molar-refractivity contribution in [3.05, 3.63) is 34.9 Å². The molecular formula is C16H22F2O2. The molecule has 20 heavy (non-hydrogen) atoms. The van der Waals surface area contributed by atoms with Gasteiger partial charge in [0.2, 0.25) is 0 Å². The lowest BCUT2D eigenvalue weighted by Crippen LogP contribution is -2.21. The summed E-state index contributed by atoms with van der Waals surface area (Å²) in [6.45, 7) is 5.47. The third-order valence-electron chi connectivity index (χ3n) is 3.63. The standard InChI is InChI=1S/C16H22F2O2/c1-5-11(3)10-16(17,18)14-9-7-8-13(12(14)6-2)15(19)20-4/h7-9,11H,5-6,10H2,1-4H3. The van der Waals surface area contributed by atoms with Gasteiger partial charge in [0.1, 0.15) is 0 Å². The SMILES string of the molecule is CCc1c(C(=O)OC)cccc1C(F)(F)CC(C)CC. The van der Waals surface area contributed by atoms with Gasteiger partial charge in [-0.3, -0.25) is 0 Å². The highest BCUT2D eigenvalue weighted by Crippen LogP contribution is 2.38. The van der Waals surface area contributed by atoms with Crippen molar-refractivity contribution in [1.29, 1.82) is 0 Å². The van der Waals surface area contributed by atoms with Gasteiger partial charge in [-0.15, -0.1) is 0 Å². The molecule has 0 spiro atoms. The van der Waals surface area contributed by atoms with Crippen LogP contribution in [0.5, 0.6) is 0 Å². The molecule has 1 aromatic carbocycles. The van der Waals surface area contributed by atoms with Crippen LogP contribution >= 0.6 is 0 Å². The molecule has 0 aliphatic rings. The molecule has 0 fully saturated rings. The number of methoxy groups -OCH3 is 1. The lowest BCUT2D eigenvalue weighted by molar-refractivity contribution is -0.0281. The van der Waals surface area contributed by atoms with Crippen molar-refractivity contribution in [3.8, 4) is 0 Å². The van der Waals surface area contributed by atoms with Crippen LogP contribution in [0.3, 0.4) is 0 Å². The molecule has 1 aromatic rings. The Balaban J connectivity index is 3.27. The Morgan fingerprint density at radius 2 is 2.00 bits per heavy atom. The Kier molecular flexibility index (Phi) is 5.66. The number of hydrogen-bond donors (Lipinski definition) is 0. The second-order valence-corrected chi connectivity index (χ2v) is 5.10. The molecule has 1 atom stereocenters. The van der Waals surface area contributed by atoms with Crippen LogP contribution in [0, 0.1) is 5.92 Å². The van der Waals surface area contributed by atoms with Gasteiger partial charge in [-0.25, -0.2) is 13.6 Å². The smallest absolute Gasteiger partial charge is 0.338 e. The predicted molar refractivity (Wildman–Crippen MR) is 75.1 cm³/mol. The van der Waals surface area contributed by atoms with Crippen LogP contribution in [-0.2, 0) is 17.1 Å². The van der Waals surface area contributed by atoms with Gasteiger partial charge >= 0.3 is 5.97 Å². The summed E-state index contributed by atoms with van der Waals surface area (Å²) in [5.41, 5.74) is 0.562. The van der Waals surface area contributed by atoms with Crippen molar-refractivity contribution in [3.63, 3.8) is 0 Å². The van der Waals surface area contributed by atoms with Crippen molar-refractivity contribution in [1.82, 2.24) is 0 Å². The van der Waals surface area contributed by atoms with Gasteiger partial charge in [-0.1, -0.05) is 39.3 Å². The summed E-state index contributed by atoms with van der Waals surface area (Å²) in [4.78, 5) is 11.7. The minimum Gasteiger partial charge on any atom is -0.465 e. The molecule has 1 unspecified atom stereocenters. The zero-order valence-corrected chi connectivity index (χ0v) is 12.5. The fraction of sp³-hybridized carbons (Fsp3) is 0.562. The van der Waals surface area contributed by atoms with E-state index in [9.17, 15) is 13.6 Å². The Morgan fingerprint density at radius 3 is 2.50 bits per heavy atom. The molecule has 0 saturated heterocycles. The normalized spacial score (nSPS) is 13.1. The molecule has 4 heteroatoms. The quantitative estimate of drug-likeness (QED) is 0.716. The van der Waals surface area contributed by atoms with Gasteiger partial charge in [-0.05, 0) is 24.0 Å². The fourth-order valence-corrected chi connectivity index (χ4v) is 2.30. The van der Waals surface area contributed by atoms with Crippen molar-refractivity contribution in [2.45, 2.75) is 46.0 Å². The molecule has 0 aliphatic carbocycles. The van der Waals surface area contributed by atoms with Crippen LogP contribution in [-0.4, -0.2) is 13.1 Å². The van der Waals surface area contributed by atoms with Crippen LogP contribution in [0.25, 0.3) is 0 Å². The average molecular weight is 284 g/mol. The van der Waals surface area contributed by atoms with Crippen molar-refractivity contribution >= 4 is 5.97 Å². The number of carbonyl (C=O) groups excluding carboxylic acids is 1. The number of ether oxygens (including phenoxy) is 1. The summed E-state index contributed by atoms with van der Waals surface area (Å²) in [7, 11) is 1.26. The van der Waals surface area contributed by atoms with Crippen LogP contribution in [0.2, 0.25) is 0 Å². The second kappa shape index (κ2) is 6.82. The number of alkyl halides is 2. The van der Waals surface area contributed by atoms with Crippen molar-refractivity contribution in [2.75, 3.05) is 7.11 Å². The van der Waals surface area contributed by atoms with E-state index in [0.717, 1.165) is 0 Å². The minimum atomic E-state index is -2.93. The topological polar surface area (TPSA) is 26.3 Å². The predicted octanol–water partition coefficient (Wildman–Crippen LogP) is 4.56. The van der Waals surface area contributed by atoms with Crippen LogP contribution in [0.15, 0.2) is 18.2 Å². The summed E-state index contributed by atoms with van der Waals surface area (Å²) in [6.07, 6.45) is 0.867. The van der Waals surface area contributed by atoms with Gasteiger partial charge in [-0.2, -0.15) is 0 Å². The van der Waals surface area contributed by atoms with E-state index < -0.39 is 11.9 Å². The van der Waals surface area contributed by atoms with Crippen molar-refractivity contribution < 1.29 is 18.3 Å². The van der Waals surface area contributed by atoms with Gasteiger partial charge in [0.25, 0.3) is 5.92 Å². The molecule has 1 rings (SSSR count). The Labute approximate surface area is 119 Å². The van der Waals surface area contributed by atoms with E-state index in [1.807, 2.05) is 13.8 Å². The summed E-state index contributed by atoms with van der Waals surface area (Å²) < 4.78 is 33.5. The molecule has 0 heterocycles. The first-order valence-electron chi connectivity index (χ1n) is 6.95. The molecule has 0 radical (unpaired) electrons. The first-order chi connectivity index (χ1) is 9.37. The monoisotopic (exact) mass is 284 g/mol. The first kappa shape index (κ1) is 16.6. The lowest BCUT2D eigenvalue weighted by Gasteiger charge is -2.23. The molecule has 0 saturated carbocycles. The van der Waals surface area contributed by atoms with Crippen LogP contribution in [0.4, 0.5) is 8.78 Å². The van der Waals surface area contributed by atoms with E-state index >= 15 is 0 Å². The second-order valence-electron chi connectivity index (χ2n) is 5.10. The summed E-state index contributed by atoms with van der Waals surface area (Å²) in [6, 6.07) is 4.44. The third kappa shape index (κ3) is 3.56. The van der Waals surface area contributed by atoms with Crippen LogP contribution in [0.1, 0.15) is 55.1 Å².